The van der Waals surface area contributed by atoms with Gasteiger partial charge in [-0.1, -0.05) is 13.8 Å². The summed E-state index contributed by atoms with van der Waals surface area (Å²) < 4.78 is 5.47. The van der Waals surface area contributed by atoms with Gasteiger partial charge in [0.15, 0.2) is 5.54 Å². The molecule has 5 nitrogen and oxygen atoms in total. The topological polar surface area (TPSA) is 66.8 Å². The van der Waals surface area contributed by atoms with E-state index in [2.05, 4.69) is 0 Å². The third-order valence-corrected chi connectivity index (χ3v) is 5.24. The zero-order valence-electron chi connectivity index (χ0n) is 14.7. The highest BCUT2D eigenvalue weighted by Crippen LogP contribution is 2.43. The second kappa shape index (κ2) is 6.30. The number of rotatable bonds is 3. The van der Waals surface area contributed by atoms with Crippen molar-refractivity contribution < 1.29 is 19.4 Å². The monoisotopic (exact) mass is 331 g/mol. The number of ether oxygens (including phenoxy) is 1. The summed E-state index contributed by atoms with van der Waals surface area (Å²) >= 11 is 1.59. The molecule has 1 atom stereocenters. The van der Waals surface area contributed by atoms with Crippen LogP contribution < -0.4 is 0 Å². The predicted molar refractivity (Wildman–Crippen MR) is 89.3 cm³/mol. The number of carboxylic acid groups (broad SMARTS) is 1. The third-order valence-electron chi connectivity index (χ3n) is 3.57. The molecule has 0 spiro atoms. The molecule has 1 saturated heterocycles. The van der Waals surface area contributed by atoms with Gasteiger partial charge in [0.05, 0.1) is 0 Å². The number of thioether (sulfide) groups is 1. The molecule has 0 aromatic rings. The zero-order chi connectivity index (χ0) is 17.3. The van der Waals surface area contributed by atoms with E-state index in [0.717, 1.165) is 5.75 Å². The minimum atomic E-state index is -1.22. The number of aliphatic carboxylic acids is 1. The Hall–Kier alpha value is -0.910. The minimum absolute atomic E-state index is 0.142. The molecule has 0 saturated carbocycles. The molecule has 1 heterocycles. The van der Waals surface area contributed by atoms with Crippen LogP contribution in [-0.4, -0.2) is 50.8 Å². The highest BCUT2D eigenvalue weighted by atomic mass is 32.2. The predicted octanol–water partition coefficient (Wildman–Crippen LogP) is 3.62. The SMILES string of the molecule is CC(C)N(C(=O)OC(C)(C)C)C1(C(=O)O)CSCC(C)(C)C1. The van der Waals surface area contributed by atoms with Gasteiger partial charge in [-0.2, -0.15) is 11.8 Å². The summed E-state index contributed by atoms with van der Waals surface area (Å²) in [6, 6.07) is -0.250. The Morgan fingerprint density at radius 1 is 1.23 bits per heavy atom. The molecule has 128 valence electrons. The van der Waals surface area contributed by atoms with Crippen LogP contribution in [0.3, 0.4) is 0 Å². The highest BCUT2D eigenvalue weighted by Gasteiger charge is 2.54. The Morgan fingerprint density at radius 3 is 2.14 bits per heavy atom. The van der Waals surface area contributed by atoms with E-state index in [-0.39, 0.29) is 11.5 Å². The number of carboxylic acids is 1. The van der Waals surface area contributed by atoms with Gasteiger partial charge in [0.2, 0.25) is 0 Å². The minimum Gasteiger partial charge on any atom is -0.479 e. The number of nitrogens with zero attached hydrogens (tertiary/aromatic N) is 1. The van der Waals surface area contributed by atoms with Crippen LogP contribution in [0.5, 0.6) is 0 Å². The second-order valence-electron chi connectivity index (χ2n) is 8.11. The normalized spacial score (nSPS) is 24.9. The van der Waals surface area contributed by atoms with E-state index >= 15 is 0 Å². The summed E-state index contributed by atoms with van der Waals surface area (Å²) in [6.07, 6.45) is -0.122. The lowest BCUT2D eigenvalue weighted by atomic mass is 9.78. The van der Waals surface area contributed by atoms with E-state index < -0.39 is 23.2 Å². The molecule has 0 aromatic heterocycles. The van der Waals surface area contributed by atoms with E-state index in [0.29, 0.717) is 12.2 Å². The fraction of sp³-hybridized carbons (Fsp3) is 0.875. The summed E-state index contributed by atoms with van der Waals surface area (Å²) in [5.41, 5.74) is -2.01. The average Bonchev–Trinajstić information content (AvgIpc) is 2.23. The molecule has 1 aliphatic heterocycles. The van der Waals surface area contributed by atoms with Gasteiger partial charge in [-0.3, -0.25) is 4.90 Å². The lowest BCUT2D eigenvalue weighted by Gasteiger charge is -2.49. The van der Waals surface area contributed by atoms with E-state index in [9.17, 15) is 14.7 Å². The van der Waals surface area contributed by atoms with Gasteiger partial charge in [0.1, 0.15) is 5.60 Å². The number of amides is 1. The second-order valence-corrected chi connectivity index (χ2v) is 9.10. The van der Waals surface area contributed by atoms with Crippen molar-refractivity contribution >= 4 is 23.8 Å². The smallest absolute Gasteiger partial charge is 0.411 e. The van der Waals surface area contributed by atoms with Crippen molar-refractivity contribution in [2.24, 2.45) is 5.41 Å². The maximum atomic E-state index is 12.7. The van der Waals surface area contributed by atoms with Crippen molar-refractivity contribution in [1.29, 1.82) is 0 Å². The van der Waals surface area contributed by atoms with Gasteiger partial charge in [-0.05, 0) is 52.2 Å². The molecule has 0 aliphatic carbocycles. The molecule has 1 aliphatic rings. The van der Waals surface area contributed by atoms with Crippen LogP contribution in [-0.2, 0) is 9.53 Å². The number of carbonyl (C=O) groups excluding carboxylic acids is 1. The Morgan fingerprint density at radius 2 is 1.77 bits per heavy atom. The van der Waals surface area contributed by atoms with Crippen LogP contribution in [0.4, 0.5) is 4.79 Å². The summed E-state index contributed by atoms with van der Waals surface area (Å²) in [5, 5.41) is 9.92. The zero-order valence-corrected chi connectivity index (χ0v) is 15.5. The Balaban J connectivity index is 3.24. The molecular weight excluding hydrogens is 302 g/mol. The van der Waals surface area contributed by atoms with E-state index in [1.54, 1.807) is 32.5 Å². The Kier molecular flexibility index (Phi) is 5.48. The van der Waals surface area contributed by atoms with Gasteiger partial charge < -0.3 is 9.84 Å². The van der Waals surface area contributed by atoms with Crippen LogP contribution in [0.2, 0.25) is 0 Å². The van der Waals surface area contributed by atoms with Crippen molar-refractivity contribution in [3.63, 3.8) is 0 Å². The van der Waals surface area contributed by atoms with Gasteiger partial charge in [0.25, 0.3) is 0 Å². The molecule has 1 amide bonds. The maximum Gasteiger partial charge on any atom is 0.411 e. The molecule has 0 radical (unpaired) electrons. The first kappa shape index (κ1) is 19.1. The molecular formula is C16H29NO4S. The lowest BCUT2D eigenvalue weighted by molar-refractivity contribution is -0.153. The molecule has 22 heavy (non-hydrogen) atoms. The first-order valence-corrected chi connectivity index (χ1v) is 8.80. The van der Waals surface area contributed by atoms with Crippen LogP contribution in [0, 0.1) is 5.41 Å². The molecule has 0 bridgehead atoms. The van der Waals surface area contributed by atoms with Crippen molar-refractivity contribution in [3.05, 3.63) is 0 Å². The Labute approximate surface area is 137 Å². The molecule has 1 fully saturated rings. The summed E-state index contributed by atoms with van der Waals surface area (Å²) in [4.78, 5) is 26.2. The maximum absolute atomic E-state index is 12.7. The van der Waals surface area contributed by atoms with Crippen LogP contribution >= 0.6 is 11.8 Å². The summed E-state index contributed by atoms with van der Waals surface area (Å²) in [5.74, 6) is 0.332. The first-order valence-electron chi connectivity index (χ1n) is 7.64. The van der Waals surface area contributed by atoms with E-state index in [1.807, 2.05) is 27.7 Å². The molecule has 1 rings (SSSR count). The van der Waals surface area contributed by atoms with Gasteiger partial charge in [-0.15, -0.1) is 0 Å². The fourth-order valence-corrected chi connectivity index (χ4v) is 4.43. The number of hydrogen-bond acceptors (Lipinski definition) is 4. The van der Waals surface area contributed by atoms with Crippen molar-refractivity contribution in [1.82, 2.24) is 4.90 Å². The van der Waals surface area contributed by atoms with Gasteiger partial charge >= 0.3 is 12.1 Å². The Bertz CT molecular complexity index is 442. The van der Waals surface area contributed by atoms with Gasteiger partial charge in [-0.25, -0.2) is 9.59 Å². The summed E-state index contributed by atoms with van der Waals surface area (Å²) in [6.45, 7) is 13.1. The lowest BCUT2D eigenvalue weighted by Crippen LogP contribution is -2.65. The van der Waals surface area contributed by atoms with Crippen molar-refractivity contribution in [3.8, 4) is 0 Å². The van der Waals surface area contributed by atoms with Crippen LogP contribution in [0.1, 0.15) is 54.9 Å². The fourth-order valence-electron chi connectivity index (χ4n) is 2.98. The molecule has 6 heteroatoms. The average molecular weight is 331 g/mol. The standard InChI is InChI=1S/C16H29NO4S/c1-11(2)17(13(20)21-14(3,4)5)16(12(18)19)8-15(6,7)9-22-10-16/h11H,8-10H2,1-7H3,(H,18,19). The largest absolute Gasteiger partial charge is 0.479 e. The molecule has 0 aromatic carbocycles. The quantitative estimate of drug-likeness (QED) is 0.855. The van der Waals surface area contributed by atoms with Crippen LogP contribution in [0.15, 0.2) is 0 Å². The van der Waals surface area contributed by atoms with Crippen molar-refractivity contribution in [2.45, 2.75) is 72.1 Å². The van der Waals surface area contributed by atoms with E-state index in [4.69, 9.17) is 4.74 Å². The number of carbonyl (C=O) groups is 2. The van der Waals surface area contributed by atoms with Gasteiger partial charge in [0, 0.05) is 11.8 Å². The number of hydrogen-bond donors (Lipinski definition) is 1. The third kappa shape index (κ3) is 4.31. The van der Waals surface area contributed by atoms with E-state index in [1.165, 1.54) is 4.90 Å². The highest BCUT2D eigenvalue weighted by molar-refractivity contribution is 7.99. The van der Waals surface area contributed by atoms with Crippen LogP contribution in [0.25, 0.3) is 0 Å². The van der Waals surface area contributed by atoms with Crippen molar-refractivity contribution in [2.75, 3.05) is 11.5 Å². The molecule has 1 N–H and O–H groups in total. The first-order chi connectivity index (χ1) is 9.81. The molecule has 1 unspecified atom stereocenters. The summed E-state index contributed by atoms with van der Waals surface area (Å²) in [7, 11) is 0.